The number of pyridine rings is 1. The van der Waals surface area contributed by atoms with E-state index in [1.807, 2.05) is 19.3 Å². The Balaban J connectivity index is 1.86. The molecule has 3 atom stereocenters. The van der Waals surface area contributed by atoms with E-state index in [2.05, 4.69) is 35.0 Å². The highest BCUT2D eigenvalue weighted by Crippen LogP contribution is 2.31. The molecule has 3 rings (SSSR count). The highest BCUT2D eigenvalue weighted by molar-refractivity contribution is 5.50. The van der Waals surface area contributed by atoms with Crippen LogP contribution in [0.15, 0.2) is 18.3 Å². The molecular weight excluding hydrogens is 260 g/mol. The van der Waals surface area contributed by atoms with Crippen LogP contribution in [0.5, 0.6) is 0 Å². The van der Waals surface area contributed by atoms with Gasteiger partial charge >= 0.3 is 0 Å². The van der Waals surface area contributed by atoms with E-state index in [1.54, 1.807) is 0 Å². The summed E-state index contributed by atoms with van der Waals surface area (Å²) in [5.74, 6) is 1.18. The minimum atomic E-state index is 0.338. The summed E-state index contributed by atoms with van der Waals surface area (Å²) < 4.78 is 0. The Morgan fingerprint density at radius 3 is 3.00 bits per heavy atom. The van der Waals surface area contributed by atoms with Crippen LogP contribution in [0.4, 0.5) is 5.82 Å². The molecule has 0 saturated carbocycles. The van der Waals surface area contributed by atoms with Crippen molar-refractivity contribution in [3.05, 3.63) is 23.9 Å². The van der Waals surface area contributed by atoms with Crippen molar-refractivity contribution in [3.8, 4) is 0 Å². The third-order valence-electron chi connectivity index (χ3n) is 5.18. The standard InChI is InChI=1S/C17H28N4/c1-13-11-20-10-5-4-7-15(20)12-21(13)17-16(14(2)18-3)8-6-9-19-17/h6,8-9,13-15,18H,4-5,7,10-12H2,1-3H3. The molecule has 0 aliphatic carbocycles. The Labute approximate surface area is 128 Å². The molecule has 2 aliphatic rings. The average molecular weight is 288 g/mol. The third-order valence-corrected chi connectivity index (χ3v) is 5.18. The molecule has 0 spiro atoms. The van der Waals surface area contributed by atoms with Crippen LogP contribution in [-0.2, 0) is 0 Å². The molecule has 2 aliphatic heterocycles. The molecule has 1 aromatic rings. The number of hydrogen-bond donors (Lipinski definition) is 1. The first kappa shape index (κ1) is 14.8. The summed E-state index contributed by atoms with van der Waals surface area (Å²) in [6, 6.07) is 5.86. The number of fused-ring (bicyclic) bond motifs is 1. The van der Waals surface area contributed by atoms with Gasteiger partial charge in [0.2, 0.25) is 0 Å². The maximum absolute atomic E-state index is 4.73. The molecule has 0 bridgehead atoms. The number of piperidine rings is 1. The van der Waals surface area contributed by atoms with Gasteiger partial charge in [0, 0.05) is 43.0 Å². The number of aromatic nitrogens is 1. The minimum absolute atomic E-state index is 0.338. The second kappa shape index (κ2) is 6.32. The summed E-state index contributed by atoms with van der Waals surface area (Å²) in [6.45, 7) is 8.14. The second-order valence-electron chi connectivity index (χ2n) is 6.57. The first-order valence-corrected chi connectivity index (χ1v) is 8.33. The van der Waals surface area contributed by atoms with Crippen LogP contribution in [0.1, 0.15) is 44.7 Å². The lowest BCUT2D eigenvalue weighted by Crippen LogP contribution is -2.59. The molecule has 3 heterocycles. The monoisotopic (exact) mass is 288 g/mol. The first-order chi connectivity index (χ1) is 10.2. The maximum atomic E-state index is 4.73. The highest BCUT2D eigenvalue weighted by Gasteiger charge is 2.34. The zero-order valence-electron chi connectivity index (χ0n) is 13.5. The zero-order chi connectivity index (χ0) is 14.8. The van der Waals surface area contributed by atoms with Gasteiger partial charge in [-0.05, 0) is 46.3 Å². The van der Waals surface area contributed by atoms with E-state index in [9.17, 15) is 0 Å². The Bertz CT molecular complexity index is 476. The lowest BCUT2D eigenvalue weighted by Gasteiger charge is -2.48. The molecule has 2 fully saturated rings. The SMILES string of the molecule is CNC(C)c1cccnc1N1CC2CCCCN2CC1C. The Kier molecular flexibility index (Phi) is 4.45. The zero-order valence-corrected chi connectivity index (χ0v) is 13.5. The largest absolute Gasteiger partial charge is 0.351 e. The van der Waals surface area contributed by atoms with Crippen LogP contribution in [0.25, 0.3) is 0 Å². The van der Waals surface area contributed by atoms with E-state index in [0.29, 0.717) is 12.1 Å². The molecule has 21 heavy (non-hydrogen) atoms. The molecule has 116 valence electrons. The summed E-state index contributed by atoms with van der Waals surface area (Å²) in [5.41, 5.74) is 1.32. The quantitative estimate of drug-likeness (QED) is 0.925. The Hall–Kier alpha value is -1.13. The fourth-order valence-electron chi connectivity index (χ4n) is 3.79. The van der Waals surface area contributed by atoms with Crippen molar-refractivity contribution >= 4 is 5.82 Å². The van der Waals surface area contributed by atoms with Crippen LogP contribution < -0.4 is 10.2 Å². The number of nitrogens with zero attached hydrogens (tertiary/aromatic N) is 3. The number of piperazine rings is 1. The van der Waals surface area contributed by atoms with E-state index in [1.165, 1.54) is 43.7 Å². The Morgan fingerprint density at radius 2 is 2.19 bits per heavy atom. The Morgan fingerprint density at radius 1 is 1.33 bits per heavy atom. The van der Waals surface area contributed by atoms with Crippen molar-refractivity contribution in [3.63, 3.8) is 0 Å². The summed E-state index contributed by atoms with van der Waals surface area (Å²) in [5, 5.41) is 3.35. The van der Waals surface area contributed by atoms with Gasteiger partial charge in [0.25, 0.3) is 0 Å². The van der Waals surface area contributed by atoms with Crippen LogP contribution in [0.2, 0.25) is 0 Å². The van der Waals surface area contributed by atoms with Crippen molar-refractivity contribution in [2.24, 2.45) is 0 Å². The molecule has 1 aromatic heterocycles. The van der Waals surface area contributed by atoms with Gasteiger partial charge in [-0.3, -0.25) is 4.90 Å². The maximum Gasteiger partial charge on any atom is 0.133 e. The second-order valence-corrected chi connectivity index (χ2v) is 6.57. The van der Waals surface area contributed by atoms with Crippen LogP contribution in [-0.4, -0.2) is 48.6 Å². The van der Waals surface area contributed by atoms with Crippen LogP contribution in [0, 0.1) is 0 Å². The van der Waals surface area contributed by atoms with Crippen LogP contribution in [0.3, 0.4) is 0 Å². The van der Waals surface area contributed by atoms with Gasteiger partial charge in [-0.2, -0.15) is 0 Å². The molecule has 0 amide bonds. The molecule has 4 nitrogen and oxygen atoms in total. The molecule has 3 unspecified atom stereocenters. The number of anilines is 1. The van der Waals surface area contributed by atoms with E-state index < -0.39 is 0 Å². The van der Waals surface area contributed by atoms with Crippen molar-refractivity contribution in [2.75, 3.05) is 31.6 Å². The summed E-state index contributed by atoms with van der Waals surface area (Å²) >= 11 is 0. The predicted octanol–water partition coefficient (Wildman–Crippen LogP) is 2.43. The summed E-state index contributed by atoms with van der Waals surface area (Å²) in [6.07, 6.45) is 6.02. The third kappa shape index (κ3) is 2.92. The lowest BCUT2D eigenvalue weighted by molar-refractivity contribution is 0.115. The highest BCUT2D eigenvalue weighted by atomic mass is 15.3. The van der Waals surface area contributed by atoms with Gasteiger partial charge in [0.05, 0.1) is 0 Å². The lowest BCUT2D eigenvalue weighted by atomic mass is 9.96. The molecule has 4 heteroatoms. The van der Waals surface area contributed by atoms with E-state index in [-0.39, 0.29) is 0 Å². The van der Waals surface area contributed by atoms with E-state index >= 15 is 0 Å². The van der Waals surface area contributed by atoms with E-state index in [4.69, 9.17) is 4.98 Å². The fraction of sp³-hybridized carbons (Fsp3) is 0.706. The van der Waals surface area contributed by atoms with Crippen LogP contribution >= 0.6 is 0 Å². The van der Waals surface area contributed by atoms with Crippen molar-refractivity contribution in [2.45, 2.75) is 51.2 Å². The van der Waals surface area contributed by atoms with E-state index in [0.717, 1.165) is 12.6 Å². The summed E-state index contributed by atoms with van der Waals surface area (Å²) in [7, 11) is 2.02. The molecule has 2 saturated heterocycles. The molecular formula is C17H28N4. The molecule has 1 N–H and O–H groups in total. The molecule has 0 aromatic carbocycles. The number of rotatable bonds is 3. The van der Waals surface area contributed by atoms with Gasteiger partial charge in [0.15, 0.2) is 0 Å². The van der Waals surface area contributed by atoms with Gasteiger partial charge in [-0.15, -0.1) is 0 Å². The fourth-order valence-corrected chi connectivity index (χ4v) is 3.79. The predicted molar refractivity (Wildman–Crippen MR) is 87.7 cm³/mol. The molecule has 0 radical (unpaired) electrons. The first-order valence-electron chi connectivity index (χ1n) is 8.33. The normalized spacial score (nSPS) is 28.2. The van der Waals surface area contributed by atoms with Crippen molar-refractivity contribution in [1.29, 1.82) is 0 Å². The smallest absolute Gasteiger partial charge is 0.133 e. The van der Waals surface area contributed by atoms with Crippen molar-refractivity contribution < 1.29 is 0 Å². The minimum Gasteiger partial charge on any atom is -0.351 e. The van der Waals surface area contributed by atoms with Gasteiger partial charge in [0.1, 0.15) is 5.82 Å². The summed E-state index contributed by atoms with van der Waals surface area (Å²) in [4.78, 5) is 9.95. The number of hydrogen-bond acceptors (Lipinski definition) is 4. The van der Waals surface area contributed by atoms with Gasteiger partial charge < -0.3 is 10.2 Å². The van der Waals surface area contributed by atoms with Crippen molar-refractivity contribution in [1.82, 2.24) is 15.2 Å². The van der Waals surface area contributed by atoms with Gasteiger partial charge in [-0.25, -0.2) is 4.98 Å². The topological polar surface area (TPSA) is 31.4 Å². The van der Waals surface area contributed by atoms with Gasteiger partial charge in [-0.1, -0.05) is 12.5 Å². The average Bonchev–Trinajstić information content (AvgIpc) is 2.53. The number of nitrogens with one attached hydrogen (secondary N) is 1.